The zero-order chi connectivity index (χ0) is 13.9. The Kier molecular flexibility index (Phi) is 8.38. The lowest BCUT2D eigenvalue weighted by atomic mass is 10.1. The van der Waals surface area contributed by atoms with E-state index in [1.165, 1.54) is 37.0 Å². The number of unbranched alkanes of at least 4 members (excludes halogenated alkanes) is 5. The van der Waals surface area contributed by atoms with Gasteiger partial charge in [0, 0.05) is 12.8 Å². The largest absolute Gasteiger partial charge is 0.301 e. The minimum absolute atomic E-state index is 0.0624. The van der Waals surface area contributed by atoms with E-state index in [-0.39, 0.29) is 5.91 Å². The van der Waals surface area contributed by atoms with Gasteiger partial charge in [0.2, 0.25) is 11.0 Å². The van der Waals surface area contributed by atoms with E-state index in [1.54, 1.807) is 0 Å². The zero-order valence-electron chi connectivity index (χ0n) is 12.1. The summed E-state index contributed by atoms with van der Waals surface area (Å²) in [5, 5.41) is 12.6. The molecule has 0 radical (unpaired) electrons. The van der Waals surface area contributed by atoms with E-state index < -0.39 is 0 Å². The monoisotopic (exact) mass is 283 g/mol. The molecule has 1 aromatic rings. The van der Waals surface area contributed by atoms with Crippen molar-refractivity contribution in [1.29, 1.82) is 0 Å². The van der Waals surface area contributed by atoms with Gasteiger partial charge in [0.15, 0.2) is 0 Å². The molecule has 1 aromatic heterocycles. The fourth-order valence-electron chi connectivity index (χ4n) is 1.83. The molecule has 5 heteroatoms. The summed E-state index contributed by atoms with van der Waals surface area (Å²) in [7, 11) is 0. The van der Waals surface area contributed by atoms with Gasteiger partial charge in [-0.2, -0.15) is 0 Å². The summed E-state index contributed by atoms with van der Waals surface area (Å²) in [5.41, 5.74) is 0. The van der Waals surface area contributed by atoms with E-state index in [1.807, 2.05) is 0 Å². The van der Waals surface area contributed by atoms with Gasteiger partial charge in [-0.3, -0.25) is 4.79 Å². The third-order valence-electron chi connectivity index (χ3n) is 2.96. The Morgan fingerprint density at radius 2 is 1.79 bits per heavy atom. The van der Waals surface area contributed by atoms with E-state index in [4.69, 9.17) is 0 Å². The molecule has 0 aliphatic rings. The molecule has 0 unspecified atom stereocenters. The summed E-state index contributed by atoms with van der Waals surface area (Å²) >= 11 is 1.50. The zero-order valence-corrected chi connectivity index (χ0v) is 12.9. The number of nitrogens with zero attached hydrogens (tertiary/aromatic N) is 2. The number of nitrogens with one attached hydrogen (secondary N) is 1. The molecule has 108 valence electrons. The first-order valence-corrected chi connectivity index (χ1v) is 8.20. The van der Waals surface area contributed by atoms with Crippen molar-refractivity contribution in [3.05, 3.63) is 5.01 Å². The molecule has 19 heavy (non-hydrogen) atoms. The van der Waals surface area contributed by atoms with Crippen LogP contribution >= 0.6 is 11.3 Å². The average molecular weight is 283 g/mol. The highest BCUT2D eigenvalue weighted by Gasteiger charge is 2.07. The normalized spacial score (nSPS) is 10.6. The Morgan fingerprint density at radius 3 is 2.53 bits per heavy atom. The number of carbonyl (C=O) groups excluding carboxylic acids is 1. The van der Waals surface area contributed by atoms with E-state index in [2.05, 4.69) is 29.4 Å². The summed E-state index contributed by atoms with van der Waals surface area (Å²) in [4.78, 5) is 11.7. The maximum absolute atomic E-state index is 11.7. The predicted octanol–water partition coefficient (Wildman–Crippen LogP) is 4.18. The van der Waals surface area contributed by atoms with Crippen LogP contribution < -0.4 is 5.32 Å². The Balaban J connectivity index is 2.22. The fourth-order valence-corrected chi connectivity index (χ4v) is 2.62. The number of hydrogen-bond acceptors (Lipinski definition) is 4. The van der Waals surface area contributed by atoms with Gasteiger partial charge in [-0.15, -0.1) is 10.2 Å². The molecule has 0 aromatic carbocycles. The molecule has 0 bridgehead atoms. The molecule has 0 aliphatic heterocycles. The SMILES string of the molecule is CCCCCCC(=O)Nc1nnc(CCCCC)s1. The molecule has 0 aliphatic carbocycles. The van der Waals surface area contributed by atoms with Crippen molar-refractivity contribution in [2.24, 2.45) is 0 Å². The van der Waals surface area contributed by atoms with Gasteiger partial charge < -0.3 is 5.32 Å². The summed E-state index contributed by atoms with van der Waals surface area (Å²) in [5.74, 6) is 0.0624. The van der Waals surface area contributed by atoms with E-state index >= 15 is 0 Å². The second kappa shape index (κ2) is 9.89. The van der Waals surface area contributed by atoms with Crippen LogP contribution in [0.1, 0.15) is 70.2 Å². The van der Waals surface area contributed by atoms with Crippen LogP contribution in [0.5, 0.6) is 0 Å². The molecule has 1 rings (SSSR count). The summed E-state index contributed by atoms with van der Waals surface area (Å²) in [6.45, 7) is 4.35. The summed E-state index contributed by atoms with van der Waals surface area (Å²) in [6.07, 6.45) is 9.62. The average Bonchev–Trinajstić information content (AvgIpc) is 2.83. The Labute approximate surface area is 120 Å². The highest BCUT2D eigenvalue weighted by molar-refractivity contribution is 7.15. The van der Waals surface area contributed by atoms with E-state index in [0.29, 0.717) is 11.6 Å². The lowest BCUT2D eigenvalue weighted by Gasteiger charge is -2.00. The first-order chi connectivity index (χ1) is 9.26. The van der Waals surface area contributed by atoms with Crippen LogP contribution in [-0.4, -0.2) is 16.1 Å². The Morgan fingerprint density at radius 1 is 1.05 bits per heavy atom. The van der Waals surface area contributed by atoms with Gasteiger partial charge in [0.05, 0.1) is 0 Å². The molecule has 0 atom stereocenters. The molecule has 1 amide bonds. The number of amides is 1. The Bertz CT molecular complexity index is 365. The number of aryl methyl sites for hydroxylation is 1. The summed E-state index contributed by atoms with van der Waals surface area (Å²) < 4.78 is 0. The second-order valence-electron chi connectivity index (χ2n) is 4.82. The highest BCUT2D eigenvalue weighted by atomic mass is 32.1. The highest BCUT2D eigenvalue weighted by Crippen LogP contribution is 2.18. The van der Waals surface area contributed by atoms with Gasteiger partial charge in [-0.25, -0.2) is 0 Å². The van der Waals surface area contributed by atoms with E-state index in [9.17, 15) is 4.79 Å². The first-order valence-electron chi connectivity index (χ1n) is 7.38. The molecule has 1 N–H and O–H groups in total. The van der Waals surface area contributed by atoms with Crippen LogP contribution in [0.15, 0.2) is 0 Å². The minimum atomic E-state index is 0.0624. The minimum Gasteiger partial charge on any atom is -0.301 e. The molecule has 0 spiro atoms. The molecule has 0 fully saturated rings. The van der Waals surface area contributed by atoms with Gasteiger partial charge in [-0.05, 0) is 12.8 Å². The van der Waals surface area contributed by atoms with Crippen LogP contribution in [0.2, 0.25) is 0 Å². The maximum atomic E-state index is 11.7. The van der Waals surface area contributed by atoms with Crippen molar-refractivity contribution < 1.29 is 4.79 Å². The summed E-state index contributed by atoms with van der Waals surface area (Å²) in [6, 6.07) is 0. The Hall–Kier alpha value is -0.970. The van der Waals surface area contributed by atoms with Crippen LogP contribution in [-0.2, 0) is 11.2 Å². The smallest absolute Gasteiger partial charge is 0.226 e. The van der Waals surface area contributed by atoms with Crippen LogP contribution in [0, 0.1) is 0 Å². The van der Waals surface area contributed by atoms with Crippen LogP contribution in [0.25, 0.3) is 0 Å². The van der Waals surface area contributed by atoms with Crippen molar-refractivity contribution in [3.63, 3.8) is 0 Å². The number of anilines is 1. The van der Waals surface area contributed by atoms with Gasteiger partial charge >= 0.3 is 0 Å². The van der Waals surface area contributed by atoms with Crippen molar-refractivity contribution >= 4 is 22.4 Å². The molecule has 1 heterocycles. The number of rotatable bonds is 10. The van der Waals surface area contributed by atoms with Crippen molar-refractivity contribution in [1.82, 2.24) is 10.2 Å². The number of hydrogen-bond donors (Lipinski definition) is 1. The quantitative estimate of drug-likeness (QED) is 0.655. The third kappa shape index (κ3) is 7.25. The molecule has 0 saturated heterocycles. The van der Waals surface area contributed by atoms with Gasteiger partial charge in [0.1, 0.15) is 5.01 Å². The molecular weight excluding hydrogens is 258 g/mol. The number of aromatic nitrogens is 2. The lowest BCUT2D eigenvalue weighted by molar-refractivity contribution is -0.116. The van der Waals surface area contributed by atoms with Crippen molar-refractivity contribution in [2.75, 3.05) is 5.32 Å². The third-order valence-corrected chi connectivity index (χ3v) is 3.86. The standard InChI is InChI=1S/C14H25N3OS/c1-3-5-7-9-10-12(18)15-14-17-16-13(19-14)11-8-6-4-2/h3-11H2,1-2H3,(H,15,17,18). The maximum Gasteiger partial charge on any atom is 0.226 e. The van der Waals surface area contributed by atoms with Gasteiger partial charge in [-0.1, -0.05) is 57.3 Å². The first kappa shape index (κ1) is 16.1. The van der Waals surface area contributed by atoms with Crippen molar-refractivity contribution in [3.8, 4) is 0 Å². The molecular formula is C14H25N3OS. The van der Waals surface area contributed by atoms with Crippen LogP contribution in [0.4, 0.5) is 5.13 Å². The van der Waals surface area contributed by atoms with Crippen LogP contribution in [0.3, 0.4) is 0 Å². The fraction of sp³-hybridized carbons (Fsp3) is 0.786. The molecule has 0 saturated carbocycles. The second-order valence-corrected chi connectivity index (χ2v) is 5.88. The van der Waals surface area contributed by atoms with E-state index in [0.717, 1.165) is 30.7 Å². The van der Waals surface area contributed by atoms with Crippen molar-refractivity contribution in [2.45, 2.75) is 71.6 Å². The van der Waals surface area contributed by atoms with Gasteiger partial charge in [0.25, 0.3) is 0 Å². The predicted molar refractivity (Wildman–Crippen MR) is 80.5 cm³/mol. The molecule has 4 nitrogen and oxygen atoms in total. The lowest BCUT2D eigenvalue weighted by Crippen LogP contribution is -2.10. The number of carbonyl (C=O) groups is 1. The topological polar surface area (TPSA) is 54.9 Å².